The predicted octanol–water partition coefficient (Wildman–Crippen LogP) is 9.74. The summed E-state index contributed by atoms with van der Waals surface area (Å²) >= 11 is 0. The summed E-state index contributed by atoms with van der Waals surface area (Å²) in [6.45, 7) is 8.87. The number of nitrogens with zero attached hydrogens (tertiary/aromatic N) is 1. The van der Waals surface area contributed by atoms with Gasteiger partial charge in [0.25, 0.3) is 6.85 Å². The molecule has 0 spiro atoms. The van der Waals surface area contributed by atoms with Crippen molar-refractivity contribution in [3.8, 4) is 0 Å². The summed E-state index contributed by atoms with van der Waals surface area (Å²) in [4.78, 5) is 2.80. The average Bonchev–Trinajstić information content (AvgIpc) is 2.76. The molecule has 1 rings (SSSR count). The minimum absolute atomic E-state index is 0.659. The van der Waals surface area contributed by atoms with E-state index in [2.05, 4.69) is 43.7 Å². The van der Waals surface area contributed by atoms with E-state index in [1.165, 1.54) is 135 Å². The van der Waals surface area contributed by atoms with Crippen molar-refractivity contribution in [1.82, 2.24) is 4.81 Å². The number of hydrogen-bond donors (Lipinski definition) is 0. The van der Waals surface area contributed by atoms with E-state index in [9.17, 15) is 0 Å². The maximum absolute atomic E-state index is 2.80. The van der Waals surface area contributed by atoms with Crippen molar-refractivity contribution in [2.24, 2.45) is 0 Å². The number of allylic oxidation sites excluding steroid dienone is 3. The molecular weight excluding hydrogens is 361 g/mol. The highest BCUT2D eigenvalue weighted by Gasteiger charge is 2.23. The second-order valence-corrected chi connectivity index (χ2v) is 9.65. The molecule has 0 unspecified atom stereocenters. The maximum Gasteiger partial charge on any atom is 0.280 e. The summed E-state index contributed by atoms with van der Waals surface area (Å²) in [7, 11) is 0. The quantitative estimate of drug-likeness (QED) is 0.133. The Labute approximate surface area is 191 Å². The van der Waals surface area contributed by atoms with Gasteiger partial charge in [-0.05, 0) is 31.7 Å². The van der Waals surface area contributed by atoms with Gasteiger partial charge in [0.15, 0.2) is 0 Å². The van der Waals surface area contributed by atoms with Crippen molar-refractivity contribution in [1.29, 1.82) is 0 Å². The normalized spacial score (nSPS) is 13.9. The molecule has 1 aliphatic rings. The highest BCUT2D eigenvalue weighted by atomic mass is 15.1. The second-order valence-electron chi connectivity index (χ2n) is 9.65. The van der Waals surface area contributed by atoms with E-state index >= 15 is 0 Å². The van der Waals surface area contributed by atoms with Crippen LogP contribution in [0.25, 0.3) is 0 Å². The molecular formula is C28H54BN. The van der Waals surface area contributed by atoms with Crippen molar-refractivity contribution in [2.75, 3.05) is 6.54 Å². The van der Waals surface area contributed by atoms with E-state index < -0.39 is 0 Å². The molecule has 0 fully saturated rings. The molecule has 0 bridgehead atoms. The Kier molecular flexibility index (Phi) is 18.5. The van der Waals surface area contributed by atoms with Crippen LogP contribution in [0, 0.1) is 0 Å². The molecule has 0 aliphatic carbocycles. The molecule has 0 saturated carbocycles. The van der Waals surface area contributed by atoms with E-state index in [0.29, 0.717) is 6.85 Å². The van der Waals surface area contributed by atoms with Crippen molar-refractivity contribution in [2.45, 2.75) is 149 Å². The van der Waals surface area contributed by atoms with Gasteiger partial charge >= 0.3 is 0 Å². The Hall–Kier alpha value is -0.655. The SMILES string of the molecule is CCCCCCCCB1C=CC=C(CCCCCCCC)N1CCCCCCCC. The molecule has 0 aromatic heterocycles. The lowest BCUT2D eigenvalue weighted by molar-refractivity contribution is 0.456. The molecule has 2 heteroatoms. The Morgan fingerprint density at radius 3 is 1.70 bits per heavy atom. The van der Waals surface area contributed by atoms with Gasteiger partial charge in [-0.2, -0.15) is 0 Å². The summed E-state index contributed by atoms with van der Waals surface area (Å²) < 4.78 is 0. The Morgan fingerprint density at radius 2 is 1.10 bits per heavy atom. The molecule has 0 amide bonds. The standard InChI is InChI=1S/C28H54BN/c1-4-7-10-13-16-19-23-28-24-22-26-29(25-20-17-14-11-8-5-2)30(28)27-21-18-15-12-9-6-3/h22,24,26H,4-21,23,25,27H2,1-3H3. The summed E-state index contributed by atoms with van der Waals surface area (Å²) in [5, 5.41) is 0. The van der Waals surface area contributed by atoms with Gasteiger partial charge in [-0.3, -0.25) is 0 Å². The van der Waals surface area contributed by atoms with Gasteiger partial charge in [-0.1, -0.05) is 136 Å². The molecule has 174 valence electrons. The van der Waals surface area contributed by atoms with Crippen molar-refractivity contribution < 1.29 is 0 Å². The zero-order valence-corrected chi connectivity index (χ0v) is 21.1. The van der Waals surface area contributed by atoms with Gasteiger partial charge in [-0.15, -0.1) is 0 Å². The first-order chi connectivity index (χ1) is 14.8. The van der Waals surface area contributed by atoms with Crippen LogP contribution in [0.2, 0.25) is 6.32 Å². The van der Waals surface area contributed by atoms with E-state index in [1.54, 1.807) is 5.70 Å². The first-order valence-corrected chi connectivity index (χ1v) is 14.0. The number of hydrogen-bond acceptors (Lipinski definition) is 1. The van der Waals surface area contributed by atoms with Crippen LogP contribution in [0.4, 0.5) is 0 Å². The maximum atomic E-state index is 2.80. The zero-order chi connectivity index (χ0) is 21.7. The second kappa shape index (κ2) is 20.3. The van der Waals surface area contributed by atoms with Gasteiger partial charge in [0.05, 0.1) is 0 Å². The largest absolute Gasteiger partial charge is 0.414 e. The molecule has 0 atom stereocenters. The van der Waals surface area contributed by atoms with E-state index in [0.717, 1.165) is 0 Å². The van der Waals surface area contributed by atoms with Crippen molar-refractivity contribution >= 4 is 6.85 Å². The van der Waals surface area contributed by atoms with Crippen LogP contribution in [0.3, 0.4) is 0 Å². The van der Waals surface area contributed by atoms with Gasteiger partial charge in [0.1, 0.15) is 0 Å². The number of unbranched alkanes of at least 4 members (excludes halogenated alkanes) is 15. The zero-order valence-electron chi connectivity index (χ0n) is 21.1. The predicted molar refractivity (Wildman–Crippen MR) is 139 cm³/mol. The highest BCUT2D eigenvalue weighted by molar-refractivity contribution is 6.62. The lowest BCUT2D eigenvalue weighted by atomic mass is 9.54. The Morgan fingerprint density at radius 1 is 0.600 bits per heavy atom. The molecule has 0 N–H and O–H groups in total. The summed E-state index contributed by atoms with van der Waals surface area (Å²) in [5.74, 6) is 2.49. The van der Waals surface area contributed by atoms with Gasteiger partial charge in [-0.25, -0.2) is 0 Å². The molecule has 0 saturated heterocycles. The van der Waals surface area contributed by atoms with Crippen molar-refractivity contribution in [3.05, 3.63) is 23.8 Å². The van der Waals surface area contributed by atoms with Crippen LogP contribution in [-0.2, 0) is 0 Å². The Bertz CT molecular complexity index is 428. The number of rotatable bonds is 21. The van der Waals surface area contributed by atoms with Crippen LogP contribution < -0.4 is 0 Å². The highest BCUT2D eigenvalue weighted by Crippen LogP contribution is 2.24. The van der Waals surface area contributed by atoms with E-state index in [4.69, 9.17) is 0 Å². The van der Waals surface area contributed by atoms with E-state index in [-0.39, 0.29) is 0 Å². The average molecular weight is 416 g/mol. The van der Waals surface area contributed by atoms with E-state index in [1.807, 2.05) is 0 Å². The van der Waals surface area contributed by atoms with Crippen molar-refractivity contribution in [3.63, 3.8) is 0 Å². The Balaban J connectivity index is 2.43. The van der Waals surface area contributed by atoms with Gasteiger partial charge < -0.3 is 4.81 Å². The minimum atomic E-state index is 0.659. The summed E-state index contributed by atoms with van der Waals surface area (Å²) in [5.41, 5.74) is 1.64. The third-order valence-electron chi connectivity index (χ3n) is 6.78. The molecule has 30 heavy (non-hydrogen) atoms. The van der Waals surface area contributed by atoms with Crippen LogP contribution in [0.1, 0.15) is 143 Å². The minimum Gasteiger partial charge on any atom is -0.414 e. The first kappa shape index (κ1) is 27.4. The molecule has 1 nitrogen and oxygen atoms in total. The third-order valence-corrected chi connectivity index (χ3v) is 6.78. The fourth-order valence-electron chi connectivity index (χ4n) is 4.78. The smallest absolute Gasteiger partial charge is 0.280 e. The van der Waals surface area contributed by atoms with Crippen LogP contribution in [-0.4, -0.2) is 18.2 Å². The monoisotopic (exact) mass is 415 g/mol. The fourth-order valence-corrected chi connectivity index (χ4v) is 4.78. The fraction of sp³-hybridized carbons (Fsp3) is 0.857. The third kappa shape index (κ3) is 13.6. The summed E-state index contributed by atoms with van der Waals surface area (Å²) in [6.07, 6.45) is 32.7. The van der Waals surface area contributed by atoms with Crippen LogP contribution >= 0.6 is 0 Å². The lowest BCUT2D eigenvalue weighted by Gasteiger charge is -2.35. The molecule has 0 aromatic carbocycles. The van der Waals surface area contributed by atoms with Crippen LogP contribution in [0.5, 0.6) is 0 Å². The molecule has 1 heterocycles. The van der Waals surface area contributed by atoms with Gasteiger partial charge in [0, 0.05) is 12.2 Å². The first-order valence-electron chi connectivity index (χ1n) is 14.0. The topological polar surface area (TPSA) is 3.24 Å². The molecule has 0 aromatic rings. The molecule has 1 aliphatic heterocycles. The van der Waals surface area contributed by atoms with Crippen LogP contribution in [0.15, 0.2) is 23.8 Å². The lowest BCUT2D eigenvalue weighted by Crippen LogP contribution is -2.39. The molecule has 0 radical (unpaired) electrons. The summed E-state index contributed by atoms with van der Waals surface area (Å²) in [6, 6.07) is 0. The van der Waals surface area contributed by atoms with Gasteiger partial charge in [0.2, 0.25) is 0 Å².